The molecule has 1 amide bonds. The van der Waals surface area contributed by atoms with Gasteiger partial charge in [-0.15, -0.1) is 0 Å². The van der Waals surface area contributed by atoms with Crippen LogP contribution in [-0.2, 0) is 11.3 Å². The highest BCUT2D eigenvalue weighted by Gasteiger charge is 2.33. The third-order valence-electron chi connectivity index (χ3n) is 8.19. The van der Waals surface area contributed by atoms with Gasteiger partial charge in [0.2, 0.25) is 0 Å². The average Bonchev–Trinajstić information content (AvgIpc) is 3.01. The molecule has 5 rings (SSSR count). The summed E-state index contributed by atoms with van der Waals surface area (Å²) in [4.78, 5) is 27.6. The number of nitrogens with one attached hydrogen (secondary N) is 3. The summed E-state index contributed by atoms with van der Waals surface area (Å²) in [7, 11) is 0. The summed E-state index contributed by atoms with van der Waals surface area (Å²) < 4.78 is 12.5. The van der Waals surface area contributed by atoms with Crippen molar-refractivity contribution in [3.63, 3.8) is 0 Å². The number of nitrogens with zero attached hydrogens (tertiary/aromatic N) is 1. The van der Waals surface area contributed by atoms with Gasteiger partial charge in [0.1, 0.15) is 23.9 Å². The molecule has 8 nitrogen and oxygen atoms in total. The number of piperidine rings is 1. The minimum atomic E-state index is -0.424. The fourth-order valence-corrected chi connectivity index (χ4v) is 5.58. The van der Waals surface area contributed by atoms with Crippen LogP contribution in [0.15, 0.2) is 72.8 Å². The number of fused-ring (bicyclic) bond motifs is 1. The lowest BCUT2D eigenvalue weighted by Crippen LogP contribution is -2.44. The second kappa shape index (κ2) is 13.9. The molecule has 0 spiro atoms. The highest BCUT2D eigenvalue weighted by molar-refractivity contribution is 5.99. The van der Waals surface area contributed by atoms with Gasteiger partial charge >= 0.3 is 0 Å². The summed E-state index contributed by atoms with van der Waals surface area (Å²) in [6.07, 6.45) is 3.23. The lowest BCUT2D eigenvalue weighted by molar-refractivity contribution is -0.116. The quantitative estimate of drug-likeness (QED) is 0.271. The number of carbonyl (C=O) groups is 2. The molecule has 2 aliphatic rings. The van der Waals surface area contributed by atoms with E-state index in [1.807, 2.05) is 79.4 Å². The topological polar surface area (TPSA) is 91.9 Å². The Kier molecular flexibility index (Phi) is 9.77. The average molecular weight is 571 g/mol. The maximum Gasteiger partial charge on any atom is 0.257 e. The van der Waals surface area contributed by atoms with Gasteiger partial charge in [0, 0.05) is 44.1 Å². The Morgan fingerprint density at radius 1 is 1.02 bits per heavy atom. The summed E-state index contributed by atoms with van der Waals surface area (Å²) in [6.45, 7) is 8.17. The molecule has 0 saturated carbocycles. The van der Waals surface area contributed by atoms with Crippen LogP contribution < -0.4 is 25.4 Å². The number of benzene rings is 3. The summed E-state index contributed by atoms with van der Waals surface area (Å²) in [6, 6.07) is 23.6. The molecule has 0 bridgehead atoms. The molecule has 1 unspecified atom stereocenters. The largest absolute Gasteiger partial charge is 0.486 e. The molecule has 1 saturated heterocycles. The predicted molar refractivity (Wildman–Crippen MR) is 165 cm³/mol. The van der Waals surface area contributed by atoms with Crippen LogP contribution in [0.25, 0.3) is 0 Å². The Labute approximate surface area is 248 Å². The van der Waals surface area contributed by atoms with E-state index in [-0.39, 0.29) is 18.1 Å². The van der Waals surface area contributed by atoms with E-state index in [0.29, 0.717) is 43.9 Å². The minimum absolute atomic E-state index is 0.0279. The maximum absolute atomic E-state index is 13.6. The first-order chi connectivity index (χ1) is 20.5. The van der Waals surface area contributed by atoms with Gasteiger partial charge in [-0.25, -0.2) is 0 Å². The molecular weight excluding hydrogens is 528 g/mol. The van der Waals surface area contributed by atoms with E-state index in [1.54, 1.807) is 0 Å². The van der Waals surface area contributed by atoms with Crippen LogP contribution in [-0.4, -0.2) is 62.0 Å². The fraction of sp³-hybridized carbons (Fsp3) is 0.412. The summed E-state index contributed by atoms with van der Waals surface area (Å²) in [5.74, 6) is 2.14. The molecule has 0 aliphatic carbocycles. The molecule has 0 radical (unpaired) electrons. The number of aldehydes is 1. The minimum Gasteiger partial charge on any atom is -0.486 e. The zero-order chi connectivity index (χ0) is 29.4. The van der Waals surface area contributed by atoms with Gasteiger partial charge in [-0.1, -0.05) is 36.4 Å². The number of hydrogen-bond acceptors (Lipinski definition) is 7. The first-order valence-electron chi connectivity index (χ1n) is 15.0. The molecular formula is C34H42N4O4. The predicted octanol–water partition coefficient (Wildman–Crippen LogP) is 5.25. The zero-order valence-corrected chi connectivity index (χ0v) is 24.6. The number of anilines is 1. The second-order valence-corrected chi connectivity index (χ2v) is 11.6. The van der Waals surface area contributed by atoms with Crippen molar-refractivity contribution in [3.8, 4) is 17.2 Å². The summed E-state index contributed by atoms with van der Waals surface area (Å²) in [5, 5.41) is 10.4. The van der Waals surface area contributed by atoms with Crippen LogP contribution in [0.4, 0.5) is 5.69 Å². The Hall–Kier alpha value is -3.88. The Balaban J connectivity index is 1.27. The van der Waals surface area contributed by atoms with E-state index in [2.05, 4.69) is 28.1 Å². The fourth-order valence-electron chi connectivity index (χ4n) is 5.58. The lowest BCUT2D eigenvalue weighted by Gasteiger charge is -2.35. The number of ether oxygens (including phenoxy) is 2. The Bertz CT molecular complexity index is 1320. The standard InChI is InChI=1S/C34H42N4O4/c1-25(2)38-20-15-29(22-36-21-26-11-13-28(14-12-26)41-27-7-4-3-5-8-27)42-32-30(33(38)40)9-6-10-31(32)37-23-34(24-39)16-18-35-19-17-34/h3-14,24-25,29,35-37H,15-23H2,1-2H3. The smallest absolute Gasteiger partial charge is 0.257 e. The van der Waals surface area contributed by atoms with Crippen molar-refractivity contribution in [3.05, 3.63) is 83.9 Å². The van der Waals surface area contributed by atoms with Crippen molar-refractivity contribution >= 4 is 17.9 Å². The molecule has 222 valence electrons. The third kappa shape index (κ3) is 7.30. The number of para-hydroxylation sites is 2. The van der Waals surface area contributed by atoms with Gasteiger partial charge in [-0.05, 0) is 81.7 Å². The van der Waals surface area contributed by atoms with E-state index in [4.69, 9.17) is 9.47 Å². The van der Waals surface area contributed by atoms with Crippen molar-refractivity contribution in [2.24, 2.45) is 5.41 Å². The summed E-state index contributed by atoms with van der Waals surface area (Å²) >= 11 is 0. The first kappa shape index (κ1) is 29.6. The molecule has 1 fully saturated rings. The Morgan fingerprint density at radius 3 is 2.48 bits per heavy atom. The molecule has 8 heteroatoms. The van der Waals surface area contributed by atoms with Crippen LogP contribution in [0.3, 0.4) is 0 Å². The zero-order valence-electron chi connectivity index (χ0n) is 24.6. The molecule has 3 N–H and O–H groups in total. The van der Waals surface area contributed by atoms with Gasteiger partial charge in [0.15, 0.2) is 5.75 Å². The van der Waals surface area contributed by atoms with Crippen molar-refractivity contribution in [2.45, 2.75) is 51.8 Å². The summed E-state index contributed by atoms with van der Waals surface area (Å²) in [5.41, 5.74) is 2.03. The van der Waals surface area contributed by atoms with Gasteiger partial charge < -0.3 is 35.1 Å². The third-order valence-corrected chi connectivity index (χ3v) is 8.19. The Morgan fingerprint density at radius 2 is 1.76 bits per heavy atom. The molecule has 1 atom stereocenters. The molecule has 3 aromatic rings. The number of rotatable bonds is 11. The van der Waals surface area contributed by atoms with E-state index in [9.17, 15) is 9.59 Å². The van der Waals surface area contributed by atoms with Crippen LogP contribution in [0.5, 0.6) is 17.2 Å². The first-order valence-corrected chi connectivity index (χ1v) is 15.0. The molecule has 2 heterocycles. The van der Waals surface area contributed by atoms with Crippen LogP contribution in [0.2, 0.25) is 0 Å². The van der Waals surface area contributed by atoms with Gasteiger partial charge in [-0.3, -0.25) is 4.79 Å². The van der Waals surface area contributed by atoms with E-state index in [0.717, 1.165) is 55.0 Å². The number of carbonyl (C=O) groups excluding carboxylic acids is 2. The van der Waals surface area contributed by atoms with Crippen molar-refractivity contribution in [1.29, 1.82) is 0 Å². The van der Waals surface area contributed by atoms with Gasteiger partial charge in [-0.2, -0.15) is 0 Å². The molecule has 0 aromatic heterocycles. The van der Waals surface area contributed by atoms with E-state index >= 15 is 0 Å². The van der Waals surface area contributed by atoms with Gasteiger partial charge in [0.25, 0.3) is 5.91 Å². The monoisotopic (exact) mass is 570 g/mol. The maximum atomic E-state index is 13.6. The second-order valence-electron chi connectivity index (χ2n) is 11.6. The normalized spacial score (nSPS) is 18.4. The van der Waals surface area contributed by atoms with Gasteiger partial charge in [0.05, 0.1) is 11.3 Å². The van der Waals surface area contributed by atoms with Crippen LogP contribution >= 0.6 is 0 Å². The van der Waals surface area contributed by atoms with Crippen LogP contribution in [0, 0.1) is 5.41 Å². The molecule has 3 aromatic carbocycles. The highest BCUT2D eigenvalue weighted by atomic mass is 16.5. The SMILES string of the molecule is CC(C)N1CCC(CNCc2ccc(Oc3ccccc3)cc2)Oc2c(NCC3(C=O)CCNCC3)cccc2C1=O. The number of hydrogen-bond donors (Lipinski definition) is 3. The van der Waals surface area contributed by atoms with E-state index < -0.39 is 5.41 Å². The number of amides is 1. The van der Waals surface area contributed by atoms with E-state index in [1.165, 1.54) is 0 Å². The van der Waals surface area contributed by atoms with Crippen molar-refractivity contribution < 1.29 is 19.1 Å². The van der Waals surface area contributed by atoms with Crippen molar-refractivity contribution in [2.75, 3.05) is 38.0 Å². The lowest BCUT2D eigenvalue weighted by atomic mass is 9.80. The highest BCUT2D eigenvalue weighted by Crippen LogP contribution is 2.35. The molecule has 42 heavy (non-hydrogen) atoms. The van der Waals surface area contributed by atoms with Crippen LogP contribution in [0.1, 0.15) is 49.0 Å². The molecule has 2 aliphatic heterocycles. The van der Waals surface area contributed by atoms with Crippen molar-refractivity contribution in [1.82, 2.24) is 15.5 Å².